The largest absolute Gasteiger partial charge is 0.494 e. The molecule has 0 saturated heterocycles. The maximum atomic E-state index is 13.6. The fourth-order valence-electron chi connectivity index (χ4n) is 2.36. The Kier molecular flexibility index (Phi) is 7.45. The molecule has 0 aliphatic heterocycles. The van der Waals surface area contributed by atoms with Crippen LogP contribution < -0.4 is 15.8 Å². The Bertz CT molecular complexity index is 564. The Morgan fingerprint density at radius 2 is 2.09 bits per heavy atom. The molecule has 128 valence electrons. The average molecular weight is 345 g/mol. The molecule has 0 aromatic heterocycles. The summed E-state index contributed by atoms with van der Waals surface area (Å²) in [4.78, 5) is 23.8. The van der Waals surface area contributed by atoms with Crippen LogP contribution in [-0.4, -0.2) is 31.4 Å². The molecule has 1 aliphatic carbocycles. The first-order chi connectivity index (χ1) is 10.5. The molecule has 1 fully saturated rings. The first kappa shape index (κ1) is 19.4. The van der Waals surface area contributed by atoms with E-state index in [4.69, 9.17) is 10.5 Å². The van der Waals surface area contributed by atoms with Crippen LogP contribution in [0.1, 0.15) is 36.0 Å². The maximum Gasteiger partial charge on any atom is 0.220 e. The van der Waals surface area contributed by atoms with Crippen molar-refractivity contribution in [2.24, 2.45) is 11.7 Å². The van der Waals surface area contributed by atoms with Gasteiger partial charge in [-0.1, -0.05) is 0 Å². The number of methoxy groups -OCH3 is 1. The third kappa shape index (κ3) is 5.48. The van der Waals surface area contributed by atoms with Crippen molar-refractivity contribution >= 4 is 24.1 Å². The molecule has 1 aromatic rings. The minimum absolute atomic E-state index is 0. The second kappa shape index (κ2) is 8.84. The van der Waals surface area contributed by atoms with Gasteiger partial charge in [0.05, 0.1) is 7.11 Å². The lowest BCUT2D eigenvalue weighted by Gasteiger charge is -2.15. The summed E-state index contributed by atoms with van der Waals surface area (Å²) in [5.41, 5.74) is 5.86. The van der Waals surface area contributed by atoms with Crippen molar-refractivity contribution in [2.75, 3.05) is 13.7 Å². The van der Waals surface area contributed by atoms with Gasteiger partial charge in [0.15, 0.2) is 17.3 Å². The molecule has 1 unspecified atom stereocenters. The number of halogens is 2. The second-order valence-corrected chi connectivity index (χ2v) is 5.52. The predicted molar refractivity (Wildman–Crippen MR) is 87.5 cm³/mol. The van der Waals surface area contributed by atoms with E-state index >= 15 is 0 Å². The van der Waals surface area contributed by atoms with E-state index in [2.05, 4.69) is 5.32 Å². The molecule has 1 atom stereocenters. The Hall–Kier alpha value is -1.66. The van der Waals surface area contributed by atoms with Crippen LogP contribution in [0.2, 0.25) is 0 Å². The van der Waals surface area contributed by atoms with Crippen LogP contribution in [0, 0.1) is 11.7 Å². The molecule has 7 heteroatoms. The monoisotopic (exact) mass is 344 g/mol. The molecule has 0 radical (unpaired) electrons. The summed E-state index contributed by atoms with van der Waals surface area (Å²) in [6.45, 7) is 0.411. The van der Waals surface area contributed by atoms with Crippen LogP contribution in [0.3, 0.4) is 0 Å². The van der Waals surface area contributed by atoms with Gasteiger partial charge in [0, 0.05) is 31.0 Å². The molecule has 5 nitrogen and oxygen atoms in total. The van der Waals surface area contributed by atoms with E-state index in [0.717, 1.165) is 18.9 Å². The van der Waals surface area contributed by atoms with Gasteiger partial charge in [0.2, 0.25) is 5.91 Å². The highest BCUT2D eigenvalue weighted by atomic mass is 35.5. The van der Waals surface area contributed by atoms with Crippen LogP contribution in [0.5, 0.6) is 5.75 Å². The van der Waals surface area contributed by atoms with E-state index in [-0.39, 0.29) is 54.3 Å². The highest BCUT2D eigenvalue weighted by Gasteiger charge is 2.31. The van der Waals surface area contributed by atoms with Crippen molar-refractivity contribution in [2.45, 2.75) is 31.7 Å². The number of benzene rings is 1. The molecule has 0 spiro atoms. The summed E-state index contributed by atoms with van der Waals surface area (Å²) < 4.78 is 18.4. The van der Waals surface area contributed by atoms with Crippen LogP contribution >= 0.6 is 12.4 Å². The number of hydrogen-bond donors (Lipinski definition) is 2. The minimum Gasteiger partial charge on any atom is -0.494 e. The molecule has 2 rings (SSSR count). The van der Waals surface area contributed by atoms with Crippen molar-refractivity contribution in [1.29, 1.82) is 0 Å². The van der Waals surface area contributed by atoms with Crippen molar-refractivity contribution in [3.8, 4) is 5.75 Å². The van der Waals surface area contributed by atoms with Gasteiger partial charge >= 0.3 is 0 Å². The lowest BCUT2D eigenvalue weighted by atomic mass is 10.1. The predicted octanol–water partition coefficient (Wildman–Crippen LogP) is 2.07. The van der Waals surface area contributed by atoms with Crippen LogP contribution in [0.25, 0.3) is 0 Å². The SMILES string of the molecule is COc1ccc(C(=O)CCC(=O)NC(CN)C2CC2)cc1F.Cl. The number of amides is 1. The zero-order valence-corrected chi connectivity index (χ0v) is 13.8. The number of carbonyl (C=O) groups excluding carboxylic acids is 2. The normalized spacial score (nSPS) is 14.6. The lowest BCUT2D eigenvalue weighted by Crippen LogP contribution is -2.41. The summed E-state index contributed by atoms with van der Waals surface area (Å²) >= 11 is 0. The molecule has 0 bridgehead atoms. The smallest absolute Gasteiger partial charge is 0.220 e. The highest BCUT2D eigenvalue weighted by molar-refractivity contribution is 5.98. The minimum atomic E-state index is -0.588. The van der Waals surface area contributed by atoms with Gasteiger partial charge in [-0.15, -0.1) is 12.4 Å². The van der Waals surface area contributed by atoms with E-state index < -0.39 is 5.82 Å². The quantitative estimate of drug-likeness (QED) is 0.707. The average Bonchev–Trinajstić information content (AvgIpc) is 3.34. The number of carbonyl (C=O) groups is 2. The number of rotatable bonds is 8. The molecule has 1 amide bonds. The van der Waals surface area contributed by atoms with Gasteiger partial charge in [0.25, 0.3) is 0 Å². The number of Topliss-reactive ketones (excluding diaryl/α,β-unsaturated/α-hetero) is 1. The number of ether oxygens (including phenoxy) is 1. The van der Waals surface area contributed by atoms with Crippen LogP contribution in [0.4, 0.5) is 4.39 Å². The molecular formula is C16H22ClFN2O3. The molecule has 3 N–H and O–H groups in total. The van der Waals surface area contributed by atoms with Crippen molar-refractivity contribution in [3.05, 3.63) is 29.6 Å². The Morgan fingerprint density at radius 1 is 1.39 bits per heavy atom. The summed E-state index contributed by atoms with van der Waals surface area (Å²) in [5, 5.41) is 2.85. The van der Waals surface area contributed by atoms with Gasteiger partial charge in [0.1, 0.15) is 0 Å². The first-order valence-corrected chi connectivity index (χ1v) is 7.41. The molecule has 0 heterocycles. The third-order valence-corrected chi connectivity index (χ3v) is 3.84. The summed E-state index contributed by atoms with van der Waals surface area (Å²) in [5.74, 6) is -0.489. The van der Waals surface area contributed by atoms with E-state index in [9.17, 15) is 14.0 Å². The fourth-order valence-corrected chi connectivity index (χ4v) is 2.36. The summed E-state index contributed by atoms with van der Waals surface area (Å²) in [7, 11) is 1.36. The van der Waals surface area contributed by atoms with Gasteiger partial charge in [-0.3, -0.25) is 9.59 Å². The number of nitrogens with two attached hydrogens (primary N) is 1. The van der Waals surface area contributed by atoms with E-state index in [1.807, 2.05) is 0 Å². The van der Waals surface area contributed by atoms with Crippen molar-refractivity contribution < 1.29 is 18.7 Å². The highest BCUT2D eigenvalue weighted by Crippen LogP contribution is 2.32. The van der Waals surface area contributed by atoms with E-state index in [1.165, 1.54) is 19.2 Å². The zero-order chi connectivity index (χ0) is 16.1. The van der Waals surface area contributed by atoms with Crippen LogP contribution in [-0.2, 0) is 4.79 Å². The summed E-state index contributed by atoms with van der Waals surface area (Å²) in [6.07, 6.45) is 2.30. The molecular weight excluding hydrogens is 323 g/mol. The lowest BCUT2D eigenvalue weighted by molar-refractivity contribution is -0.121. The van der Waals surface area contributed by atoms with E-state index in [0.29, 0.717) is 12.5 Å². The van der Waals surface area contributed by atoms with E-state index in [1.54, 1.807) is 0 Å². The number of hydrogen-bond acceptors (Lipinski definition) is 4. The Balaban J connectivity index is 0.00000264. The van der Waals surface area contributed by atoms with Crippen molar-refractivity contribution in [1.82, 2.24) is 5.32 Å². The van der Waals surface area contributed by atoms with Crippen molar-refractivity contribution in [3.63, 3.8) is 0 Å². The first-order valence-electron chi connectivity index (χ1n) is 7.41. The number of ketones is 1. The molecule has 23 heavy (non-hydrogen) atoms. The van der Waals surface area contributed by atoms with Crippen LogP contribution in [0.15, 0.2) is 18.2 Å². The fraction of sp³-hybridized carbons (Fsp3) is 0.500. The number of nitrogens with one attached hydrogen (secondary N) is 1. The third-order valence-electron chi connectivity index (χ3n) is 3.84. The standard InChI is InChI=1S/C16H21FN2O3.ClH/c1-22-15-6-4-11(8-12(15)17)14(20)5-7-16(21)19-13(9-18)10-2-3-10;/h4,6,8,10,13H,2-3,5,7,9,18H2,1H3,(H,19,21);1H. The van der Waals surface area contributed by atoms with Gasteiger partial charge in [-0.05, 0) is 37.0 Å². The second-order valence-electron chi connectivity index (χ2n) is 5.52. The topological polar surface area (TPSA) is 81.4 Å². The Labute approximate surface area is 141 Å². The Morgan fingerprint density at radius 3 is 2.61 bits per heavy atom. The molecule has 1 aromatic carbocycles. The maximum absolute atomic E-state index is 13.6. The summed E-state index contributed by atoms with van der Waals surface area (Å²) in [6, 6.07) is 4.03. The van der Waals surface area contributed by atoms with Gasteiger partial charge in [-0.25, -0.2) is 4.39 Å². The molecule has 1 aliphatic rings. The zero-order valence-electron chi connectivity index (χ0n) is 13.0. The van der Waals surface area contributed by atoms with Gasteiger partial charge in [-0.2, -0.15) is 0 Å². The van der Waals surface area contributed by atoms with Gasteiger partial charge < -0.3 is 15.8 Å². The molecule has 1 saturated carbocycles.